The fraction of sp³-hybridized carbons (Fsp3) is 0.700. The third kappa shape index (κ3) is 2.13. The molecule has 1 aliphatic carbocycles. The van der Waals surface area contributed by atoms with Crippen LogP contribution >= 0.6 is 11.3 Å². The van der Waals surface area contributed by atoms with Gasteiger partial charge in [-0.2, -0.15) is 0 Å². The van der Waals surface area contributed by atoms with Crippen LogP contribution in [0.15, 0.2) is 11.7 Å². The highest BCUT2D eigenvalue weighted by Crippen LogP contribution is 2.39. The van der Waals surface area contributed by atoms with E-state index in [0.717, 1.165) is 6.54 Å². The number of hydrogen-bond acceptors (Lipinski definition) is 4. The summed E-state index contributed by atoms with van der Waals surface area (Å²) < 4.78 is 0. The first-order valence-electron chi connectivity index (χ1n) is 4.98. The summed E-state index contributed by atoms with van der Waals surface area (Å²) in [6, 6.07) is 0. The molecular formula is C10H16N2OS. The predicted molar refractivity (Wildman–Crippen MR) is 57.2 cm³/mol. The molecule has 1 atom stereocenters. The zero-order chi connectivity index (χ0) is 10.0. The molecule has 1 aromatic heterocycles. The Kier molecular flexibility index (Phi) is 2.85. The number of aliphatic hydroxyl groups excluding tert-OH is 1. The van der Waals surface area contributed by atoms with Gasteiger partial charge in [-0.05, 0) is 25.7 Å². The molecule has 3 nitrogen and oxygen atoms in total. The molecular weight excluding hydrogens is 196 g/mol. The van der Waals surface area contributed by atoms with E-state index < -0.39 is 0 Å². The SMILES string of the molecule is CC(CO)(NCc1cncs1)C1CC1. The van der Waals surface area contributed by atoms with Crippen molar-refractivity contribution in [3.8, 4) is 0 Å². The van der Waals surface area contributed by atoms with Crippen LogP contribution < -0.4 is 5.32 Å². The van der Waals surface area contributed by atoms with E-state index in [2.05, 4.69) is 17.2 Å². The van der Waals surface area contributed by atoms with E-state index in [0.29, 0.717) is 5.92 Å². The maximum absolute atomic E-state index is 9.35. The van der Waals surface area contributed by atoms with Crippen LogP contribution in [0.4, 0.5) is 0 Å². The summed E-state index contributed by atoms with van der Waals surface area (Å²) in [5.74, 6) is 0.653. The first kappa shape index (κ1) is 10.1. The molecule has 0 saturated heterocycles. The number of nitrogens with zero attached hydrogens (tertiary/aromatic N) is 1. The van der Waals surface area contributed by atoms with Crippen molar-refractivity contribution in [2.24, 2.45) is 5.92 Å². The summed E-state index contributed by atoms with van der Waals surface area (Å²) in [6.07, 6.45) is 4.36. The topological polar surface area (TPSA) is 45.1 Å². The van der Waals surface area contributed by atoms with Crippen LogP contribution in [-0.4, -0.2) is 22.2 Å². The van der Waals surface area contributed by atoms with Crippen molar-refractivity contribution in [2.75, 3.05) is 6.61 Å². The summed E-state index contributed by atoms with van der Waals surface area (Å²) in [5.41, 5.74) is 1.74. The van der Waals surface area contributed by atoms with Crippen molar-refractivity contribution in [2.45, 2.75) is 31.8 Å². The maximum Gasteiger partial charge on any atom is 0.0794 e. The van der Waals surface area contributed by atoms with E-state index in [9.17, 15) is 5.11 Å². The molecule has 1 saturated carbocycles. The van der Waals surface area contributed by atoms with Crippen molar-refractivity contribution in [1.29, 1.82) is 0 Å². The van der Waals surface area contributed by atoms with Gasteiger partial charge in [0.2, 0.25) is 0 Å². The summed E-state index contributed by atoms with van der Waals surface area (Å²) in [5, 5.41) is 12.8. The molecule has 0 aliphatic heterocycles. The highest BCUT2D eigenvalue weighted by atomic mass is 32.1. The Hall–Kier alpha value is -0.450. The molecule has 1 aromatic rings. The Morgan fingerprint density at radius 1 is 1.71 bits per heavy atom. The van der Waals surface area contributed by atoms with Gasteiger partial charge in [0.1, 0.15) is 0 Å². The van der Waals surface area contributed by atoms with Gasteiger partial charge in [0.15, 0.2) is 0 Å². The highest BCUT2D eigenvalue weighted by Gasteiger charge is 2.40. The van der Waals surface area contributed by atoms with Gasteiger partial charge in [-0.25, -0.2) is 0 Å². The maximum atomic E-state index is 9.35. The Morgan fingerprint density at radius 3 is 3.00 bits per heavy atom. The van der Waals surface area contributed by atoms with Crippen molar-refractivity contribution in [3.63, 3.8) is 0 Å². The summed E-state index contributed by atoms with van der Waals surface area (Å²) in [6.45, 7) is 3.14. The number of nitrogens with one attached hydrogen (secondary N) is 1. The van der Waals surface area contributed by atoms with Crippen molar-refractivity contribution in [3.05, 3.63) is 16.6 Å². The minimum atomic E-state index is -0.0933. The molecule has 1 fully saturated rings. The van der Waals surface area contributed by atoms with E-state index in [1.165, 1.54) is 17.7 Å². The number of aromatic nitrogens is 1. The first-order chi connectivity index (χ1) is 6.74. The molecule has 1 heterocycles. The molecule has 1 unspecified atom stereocenters. The van der Waals surface area contributed by atoms with E-state index >= 15 is 0 Å². The lowest BCUT2D eigenvalue weighted by Gasteiger charge is -2.28. The second-order valence-electron chi connectivity index (χ2n) is 4.17. The standard InChI is InChI=1S/C10H16N2OS/c1-10(6-13,8-2-3-8)12-5-9-4-11-7-14-9/h4,7-8,12-13H,2-3,5-6H2,1H3. The fourth-order valence-electron chi connectivity index (χ4n) is 1.67. The van der Waals surface area contributed by atoms with Crippen LogP contribution in [-0.2, 0) is 6.54 Å². The van der Waals surface area contributed by atoms with Crippen molar-refractivity contribution in [1.82, 2.24) is 10.3 Å². The van der Waals surface area contributed by atoms with Gasteiger partial charge < -0.3 is 10.4 Å². The second-order valence-corrected chi connectivity index (χ2v) is 5.14. The number of rotatable bonds is 5. The monoisotopic (exact) mass is 212 g/mol. The average molecular weight is 212 g/mol. The van der Waals surface area contributed by atoms with Gasteiger partial charge in [-0.3, -0.25) is 4.98 Å². The number of thiazole rings is 1. The van der Waals surface area contributed by atoms with Gasteiger partial charge in [0.25, 0.3) is 0 Å². The van der Waals surface area contributed by atoms with E-state index in [-0.39, 0.29) is 12.1 Å². The van der Waals surface area contributed by atoms with Gasteiger partial charge in [-0.1, -0.05) is 0 Å². The minimum absolute atomic E-state index is 0.0933. The Bertz CT molecular complexity index is 284. The smallest absolute Gasteiger partial charge is 0.0794 e. The Labute approximate surface area is 88.2 Å². The highest BCUT2D eigenvalue weighted by molar-refractivity contribution is 7.09. The molecule has 0 aromatic carbocycles. The van der Waals surface area contributed by atoms with E-state index in [1.54, 1.807) is 11.3 Å². The number of hydrogen-bond donors (Lipinski definition) is 2. The lowest BCUT2D eigenvalue weighted by Crippen LogP contribution is -2.47. The zero-order valence-corrected chi connectivity index (χ0v) is 9.18. The van der Waals surface area contributed by atoms with Crippen LogP contribution in [0.3, 0.4) is 0 Å². The van der Waals surface area contributed by atoms with Gasteiger partial charge in [0.05, 0.1) is 12.1 Å². The lowest BCUT2D eigenvalue weighted by atomic mass is 9.97. The molecule has 2 N–H and O–H groups in total. The van der Waals surface area contributed by atoms with Crippen LogP contribution in [0.25, 0.3) is 0 Å². The minimum Gasteiger partial charge on any atom is -0.394 e. The second kappa shape index (κ2) is 3.96. The number of aliphatic hydroxyl groups is 1. The van der Waals surface area contributed by atoms with Crippen LogP contribution in [0.1, 0.15) is 24.6 Å². The average Bonchev–Trinajstić information content (AvgIpc) is 2.94. The third-order valence-corrected chi connectivity index (χ3v) is 3.74. The molecule has 0 amide bonds. The van der Waals surface area contributed by atoms with Crippen molar-refractivity contribution < 1.29 is 5.11 Å². The summed E-state index contributed by atoms with van der Waals surface area (Å²) >= 11 is 1.65. The quantitative estimate of drug-likeness (QED) is 0.775. The molecule has 1 aliphatic rings. The summed E-state index contributed by atoms with van der Waals surface area (Å²) in [4.78, 5) is 5.25. The third-order valence-electron chi connectivity index (χ3n) is 2.96. The molecule has 2 rings (SSSR count). The zero-order valence-electron chi connectivity index (χ0n) is 8.36. The molecule has 14 heavy (non-hydrogen) atoms. The fourth-order valence-corrected chi connectivity index (χ4v) is 2.20. The van der Waals surface area contributed by atoms with Crippen molar-refractivity contribution >= 4 is 11.3 Å². The van der Waals surface area contributed by atoms with Gasteiger partial charge in [0, 0.05) is 23.2 Å². The molecule has 78 valence electrons. The summed E-state index contributed by atoms with van der Waals surface area (Å²) in [7, 11) is 0. The predicted octanol–water partition coefficient (Wildman–Crippen LogP) is 1.39. The van der Waals surface area contributed by atoms with E-state index in [1.807, 2.05) is 11.7 Å². The van der Waals surface area contributed by atoms with Gasteiger partial charge >= 0.3 is 0 Å². The molecule has 0 spiro atoms. The Balaban J connectivity index is 1.89. The van der Waals surface area contributed by atoms with Crippen LogP contribution in [0, 0.1) is 5.92 Å². The van der Waals surface area contributed by atoms with Crippen LogP contribution in [0.5, 0.6) is 0 Å². The Morgan fingerprint density at radius 2 is 2.50 bits per heavy atom. The molecule has 4 heteroatoms. The lowest BCUT2D eigenvalue weighted by molar-refractivity contribution is 0.154. The van der Waals surface area contributed by atoms with Crippen LogP contribution in [0.2, 0.25) is 0 Å². The largest absolute Gasteiger partial charge is 0.394 e. The van der Waals surface area contributed by atoms with E-state index in [4.69, 9.17) is 0 Å². The molecule has 0 radical (unpaired) electrons. The molecule has 0 bridgehead atoms. The first-order valence-corrected chi connectivity index (χ1v) is 5.86. The van der Waals surface area contributed by atoms with Gasteiger partial charge in [-0.15, -0.1) is 11.3 Å². The normalized spacial score (nSPS) is 20.7.